The van der Waals surface area contributed by atoms with Crippen LogP contribution in [-0.2, 0) is 11.3 Å². The van der Waals surface area contributed by atoms with Gasteiger partial charge in [0.25, 0.3) is 5.91 Å². The molecule has 0 spiro atoms. The molecule has 0 aliphatic rings. The predicted octanol–water partition coefficient (Wildman–Crippen LogP) is 7.71. The first-order chi connectivity index (χ1) is 19.6. The fourth-order valence-electron chi connectivity index (χ4n) is 4.04. The molecule has 2 N–H and O–H groups in total. The molecule has 0 radical (unpaired) electrons. The number of hydrogen-bond acceptors (Lipinski definition) is 7. The van der Waals surface area contributed by atoms with Crippen LogP contribution in [0.25, 0.3) is 22.4 Å². The topological polar surface area (TPSA) is 95.7 Å². The number of rotatable bonds is 10. The minimum Gasteiger partial charge on any atom is -0.481 e. The molecule has 41 heavy (non-hydrogen) atoms. The molecule has 5 rings (SSSR count). The van der Waals surface area contributed by atoms with Gasteiger partial charge in [-0.2, -0.15) is 13.2 Å². The predicted molar refractivity (Wildman–Crippen MR) is 153 cm³/mol. The normalized spacial score (nSPS) is 11.5. The average molecular weight is 598 g/mol. The van der Waals surface area contributed by atoms with E-state index in [0.717, 1.165) is 16.5 Å². The van der Waals surface area contributed by atoms with Crippen LogP contribution in [0.5, 0.6) is 0 Å². The highest BCUT2D eigenvalue weighted by Crippen LogP contribution is 2.39. The zero-order chi connectivity index (χ0) is 29.0. The monoisotopic (exact) mass is 597 g/mol. The number of furan rings is 1. The Labute approximate surface area is 240 Å². The van der Waals surface area contributed by atoms with Crippen LogP contribution in [0.3, 0.4) is 0 Å². The molecule has 0 saturated heterocycles. The lowest BCUT2D eigenvalue weighted by atomic mass is 10.1. The van der Waals surface area contributed by atoms with Crippen LogP contribution in [0.4, 0.5) is 24.0 Å². The Hall–Kier alpha value is -4.29. The van der Waals surface area contributed by atoms with Gasteiger partial charge in [0.05, 0.1) is 13.0 Å². The van der Waals surface area contributed by atoms with Crippen LogP contribution in [0.15, 0.2) is 93.6 Å². The summed E-state index contributed by atoms with van der Waals surface area (Å²) in [6, 6.07) is 22.4. The van der Waals surface area contributed by atoms with E-state index in [1.807, 2.05) is 40.6 Å². The van der Waals surface area contributed by atoms with Crippen LogP contribution in [-0.4, -0.2) is 34.0 Å². The number of nitrogens with zero attached hydrogens (tertiary/aromatic N) is 2. The van der Waals surface area contributed by atoms with Crippen molar-refractivity contribution in [3.63, 3.8) is 0 Å². The first-order valence-corrected chi connectivity index (χ1v) is 14.0. The summed E-state index contributed by atoms with van der Waals surface area (Å²) in [7, 11) is 0. The van der Waals surface area contributed by atoms with Gasteiger partial charge in [-0.3, -0.25) is 9.59 Å². The largest absolute Gasteiger partial charge is 0.481 e. The number of hydrogen-bond donors (Lipinski definition) is 2. The highest BCUT2D eigenvalue weighted by molar-refractivity contribution is 8.00. The summed E-state index contributed by atoms with van der Waals surface area (Å²) in [6.45, 7) is 0.337. The number of carboxylic acid groups (broad SMARTS) is 1. The fraction of sp³-hybridized carbons (Fsp3) is 0.138. The number of para-hydroxylation sites is 1. The molecule has 1 amide bonds. The van der Waals surface area contributed by atoms with Gasteiger partial charge < -0.3 is 19.7 Å². The molecule has 0 aliphatic carbocycles. The SMILES string of the molecule is O=C(O)CCNC(=O)c1ccc(CN(c2ccc(SC(F)(F)F)cc2)c2nc(-c3cc4ccccc4o3)cs2)cc1. The number of carboxylic acids is 1. The average Bonchev–Trinajstić information content (AvgIpc) is 3.59. The van der Waals surface area contributed by atoms with Gasteiger partial charge >= 0.3 is 11.5 Å². The molecule has 2 heterocycles. The van der Waals surface area contributed by atoms with Crippen LogP contribution < -0.4 is 10.2 Å². The third kappa shape index (κ3) is 7.27. The summed E-state index contributed by atoms with van der Waals surface area (Å²) < 4.78 is 44.6. The van der Waals surface area contributed by atoms with Gasteiger partial charge in [0.1, 0.15) is 11.3 Å². The number of aromatic nitrogens is 1. The molecular weight excluding hydrogens is 575 g/mol. The Morgan fingerprint density at radius 3 is 2.44 bits per heavy atom. The lowest BCUT2D eigenvalue weighted by Crippen LogP contribution is -2.26. The van der Waals surface area contributed by atoms with E-state index in [1.54, 1.807) is 36.4 Å². The quantitative estimate of drug-likeness (QED) is 0.159. The van der Waals surface area contributed by atoms with Crippen molar-refractivity contribution in [2.45, 2.75) is 23.4 Å². The van der Waals surface area contributed by atoms with Crippen molar-refractivity contribution in [2.75, 3.05) is 11.4 Å². The van der Waals surface area contributed by atoms with Crippen molar-refractivity contribution in [3.05, 3.63) is 95.4 Å². The molecule has 7 nitrogen and oxygen atoms in total. The Morgan fingerprint density at radius 1 is 1.02 bits per heavy atom. The number of amides is 1. The minimum atomic E-state index is -4.39. The van der Waals surface area contributed by atoms with Crippen molar-refractivity contribution in [1.82, 2.24) is 10.3 Å². The van der Waals surface area contributed by atoms with Gasteiger partial charge in [0.2, 0.25) is 0 Å². The van der Waals surface area contributed by atoms with Crippen LogP contribution in [0.2, 0.25) is 0 Å². The molecule has 12 heteroatoms. The molecule has 5 aromatic rings. The Bertz CT molecular complexity index is 1630. The molecule has 0 bridgehead atoms. The van der Waals surface area contributed by atoms with Gasteiger partial charge in [0, 0.05) is 33.5 Å². The fourth-order valence-corrected chi connectivity index (χ4v) is 5.41. The molecule has 210 valence electrons. The summed E-state index contributed by atoms with van der Waals surface area (Å²) >= 11 is 1.19. The van der Waals surface area contributed by atoms with Gasteiger partial charge in [-0.15, -0.1) is 11.3 Å². The molecule has 0 saturated carbocycles. The van der Waals surface area contributed by atoms with Crippen molar-refractivity contribution in [2.24, 2.45) is 0 Å². The van der Waals surface area contributed by atoms with Crippen molar-refractivity contribution in [3.8, 4) is 11.5 Å². The molecule has 0 fully saturated rings. The summed E-state index contributed by atoms with van der Waals surface area (Å²) in [5.74, 6) is -0.789. The Balaban J connectivity index is 1.40. The van der Waals surface area contributed by atoms with Gasteiger partial charge in [-0.1, -0.05) is 30.3 Å². The molecular formula is C29H22F3N3O4S2. The molecule has 2 aromatic heterocycles. The van der Waals surface area contributed by atoms with E-state index in [9.17, 15) is 22.8 Å². The summed E-state index contributed by atoms with van der Waals surface area (Å²) in [6.07, 6.45) is -0.178. The maximum atomic E-state index is 12.9. The molecule has 0 atom stereocenters. The summed E-state index contributed by atoms with van der Waals surface area (Å²) in [5, 5.41) is 14.7. The number of carbonyl (C=O) groups is 2. The van der Waals surface area contributed by atoms with Crippen LogP contribution in [0.1, 0.15) is 22.3 Å². The highest BCUT2D eigenvalue weighted by Gasteiger charge is 2.29. The van der Waals surface area contributed by atoms with E-state index in [1.165, 1.54) is 23.5 Å². The second-order valence-corrected chi connectivity index (χ2v) is 10.9. The summed E-state index contributed by atoms with van der Waals surface area (Å²) in [5.41, 5.74) is -1.19. The maximum Gasteiger partial charge on any atom is 0.446 e. The highest BCUT2D eigenvalue weighted by atomic mass is 32.2. The van der Waals surface area contributed by atoms with Crippen LogP contribution >= 0.6 is 23.1 Å². The number of aliphatic carboxylic acids is 1. The number of alkyl halides is 3. The number of nitrogens with one attached hydrogen (secondary N) is 1. The number of halogens is 3. The number of carbonyl (C=O) groups excluding carboxylic acids is 1. The standard InChI is InChI=1S/C29H22F3N3O4S2/c30-29(31,32)41-22-11-9-21(10-12-22)35(16-18-5-7-19(8-6-18)27(38)33-14-13-26(36)37)28-34-23(17-40-28)25-15-20-3-1-2-4-24(20)39-25/h1-12,15,17H,13-14,16H2,(H,33,38)(H,36,37). The Kier molecular flexibility index (Phi) is 8.31. The van der Waals surface area contributed by atoms with Crippen molar-refractivity contribution in [1.29, 1.82) is 0 Å². The van der Waals surface area contributed by atoms with Crippen LogP contribution in [0, 0.1) is 0 Å². The first kappa shape index (κ1) is 28.2. The zero-order valence-electron chi connectivity index (χ0n) is 21.2. The first-order valence-electron chi connectivity index (χ1n) is 12.3. The zero-order valence-corrected chi connectivity index (χ0v) is 22.9. The number of fused-ring (bicyclic) bond motifs is 1. The van der Waals surface area contributed by atoms with Gasteiger partial charge in [0.15, 0.2) is 10.9 Å². The minimum absolute atomic E-state index is 0.0178. The van der Waals surface area contributed by atoms with E-state index in [4.69, 9.17) is 14.5 Å². The smallest absolute Gasteiger partial charge is 0.446 e. The van der Waals surface area contributed by atoms with Crippen molar-refractivity contribution < 1.29 is 32.3 Å². The number of thioether (sulfide) groups is 1. The lowest BCUT2D eigenvalue weighted by molar-refractivity contribution is -0.136. The number of thiazole rings is 1. The third-order valence-electron chi connectivity index (χ3n) is 5.96. The molecule has 3 aromatic carbocycles. The number of benzene rings is 3. The summed E-state index contributed by atoms with van der Waals surface area (Å²) in [4.78, 5) is 29.7. The van der Waals surface area contributed by atoms with E-state index in [2.05, 4.69) is 5.32 Å². The van der Waals surface area contributed by atoms with Crippen molar-refractivity contribution >= 4 is 56.8 Å². The third-order valence-corrected chi connectivity index (χ3v) is 7.57. The van der Waals surface area contributed by atoms with Gasteiger partial charge in [-0.25, -0.2) is 4.98 Å². The lowest BCUT2D eigenvalue weighted by Gasteiger charge is -2.22. The second-order valence-electron chi connectivity index (χ2n) is 8.89. The Morgan fingerprint density at radius 2 is 1.76 bits per heavy atom. The van der Waals surface area contributed by atoms with E-state index < -0.39 is 11.5 Å². The van der Waals surface area contributed by atoms with Gasteiger partial charge in [-0.05, 0) is 65.9 Å². The second kappa shape index (κ2) is 12.1. The molecule has 0 aliphatic heterocycles. The molecule has 0 unspecified atom stereocenters. The van der Waals surface area contributed by atoms with E-state index in [0.29, 0.717) is 34.4 Å². The van der Waals surface area contributed by atoms with E-state index in [-0.39, 0.29) is 35.5 Å². The number of anilines is 2. The van der Waals surface area contributed by atoms with E-state index >= 15 is 0 Å². The maximum absolute atomic E-state index is 12.9.